The molecule has 3 rings (SSSR count). The van der Waals surface area contributed by atoms with Crippen LogP contribution in [0.1, 0.15) is 0 Å². The topological polar surface area (TPSA) is 0 Å². The van der Waals surface area contributed by atoms with E-state index in [9.17, 15) is 0 Å². The first-order valence-corrected chi connectivity index (χ1v) is 7.93. The molecule has 0 bridgehead atoms. The maximum atomic E-state index is 2.41. The van der Waals surface area contributed by atoms with E-state index in [1.807, 2.05) is 0 Å². The number of hydrogen-bond donors (Lipinski definition) is 0. The minimum absolute atomic E-state index is 1.07. The van der Waals surface area contributed by atoms with Gasteiger partial charge in [-0.25, -0.2) is 0 Å². The Morgan fingerprint density at radius 2 is 1.07 bits per heavy atom. The van der Waals surface area contributed by atoms with Gasteiger partial charge in [-0.1, -0.05) is 55.8 Å². The summed E-state index contributed by atoms with van der Waals surface area (Å²) in [5.41, 5.74) is 2.90. The van der Waals surface area contributed by atoms with Gasteiger partial charge in [0.05, 0.1) is 0 Å². The highest BCUT2D eigenvalue weighted by atomic mass is 31.2. The third-order valence-electron chi connectivity index (χ3n) is 3.30. The Morgan fingerprint density at radius 3 is 1.53 bits per heavy atom. The standard InChI is InChI=1S/C14H14P/c1-15(2)13-9-5-3-7-11(13)12-8-4-6-10-14(12)15/h3-10H,1-2H3. The first-order valence-electron chi connectivity index (χ1n) is 5.25. The van der Waals surface area contributed by atoms with Crippen LogP contribution < -0.4 is 10.6 Å². The highest BCUT2D eigenvalue weighted by Gasteiger charge is 2.32. The smallest absolute Gasteiger partial charge is 0.0101 e. The zero-order chi connectivity index (χ0) is 10.5. The Balaban J connectivity index is 2.42. The van der Waals surface area contributed by atoms with E-state index < -0.39 is 7.26 Å². The van der Waals surface area contributed by atoms with Gasteiger partial charge in [0.2, 0.25) is 0 Å². The molecule has 2 aromatic carbocycles. The molecule has 0 N–H and O–H groups in total. The van der Waals surface area contributed by atoms with Crippen molar-refractivity contribution in [1.82, 2.24) is 0 Å². The molecule has 0 saturated heterocycles. The van der Waals surface area contributed by atoms with Gasteiger partial charge in [-0.3, -0.25) is 0 Å². The quantitative estimate of drug-likeness (QED) is 0.590. The van der Waals surface area contributed by atoms with E-state index in [1.165, 1.54) is 11.1 Å². The summed E-state index contributed by atoms with van der Waals surface area (Å²) < 4.78 is 0. The van der Waals surface area contributed by atoms with Crippen molar-refractivity contribution in [1.29, 1.82) is 0 Å². The Labute approximate surface area is 91.3 Å². The van der Waals surface area contributed by atoms with Crippen LogP contribution in [-0.4, -0.2) is 13.3 Å². The molecule has 0 nitrogen and oxygen atoms in total. The molecule has 0 aliphatic carbocycles. The van der Waals surface area contributed by atoms with Gasteiger partial charge >= 0.3 is 0 Å². The molecule has 1 aliphatic rings. The third kappa shape index (κ3) is 1.12. The fourth-order valence-corrected chi connectivity index (χ4v) is 5.28. The van der Waals surface area contributed by atoms with Crippen molar-refractivity contribution in [2.45, 2.75) is 0 Å². The molecule has 0 unspecified atom stereocenters. The van der Waals surface area contributed by atoms with Crippen molar-refractivity contribution < 1.29 is 0 Å². The van der Waals surface area contributed by atoms with Crippen LogP contribution >= 0.6 is 7.26 Å². The molecular weight excluding hydrogens is 199 g/mol. The molecular formula is C14H14P. The van der Waals surface area contributed by atoms with Crippen molar-refractivity contribution >= 4 is 17.9 Å². The monoisotopic (exact) mass is 213 g/mol. The second-order valence-electron chi connectivity index (χ2n) is 4.49. The molecule has 0 saturated carbocycles. The average molecular weight is 213 g/mol. The summed E-state index contributed by atoms with van der Waals surface area (Å²) in [4.78, 5) is 0. The SMILES string of the molecule is C[P]1(C)c2ccccc2-c2ccccc21. The van der Waals surface area contributed by atoms with Crippen LogP contribution in [0.2, 0.25) is 0 Å². The van der Waals surface area contributed by atoms with Gasteiger partial charge in [0.1, 0.15) is 0 Å². The maximum Gasteiger partial charge on any atom is -0.0101 e. The van der Waals surface area contributed by atoms with Crippen molar-refractivity contribution in [2.24, 2.45) is 0 Å². The Hall–Kier alpha value is -1.13. The lowest BCUT2D eigenvalue weighted by atomic mass is 10.1. The molecule has 0 atom stereocenters. The number of hydrogen-bond acceptors (Lipinski definition) is 0. The fraction of sp³-hybridized carbons (Fsp3) is 0.143. The number of benzene rings is 2. The van der Waals surface area contributed by atoms with Crippen molar-refractivity contribution in [3.8, 4) is 11.1 Å². The van der Waals surface area contributed by atoms with Gasteiger partial charge < -0.3 is 0 Å². The minimum Gasteiger partial charge on any atom is -0.0745 e. The molecule has 15 heavy (non-hydrogen) atoms. The second-order valence-corrected chi connectivity index (χ2v) is 8.36. The molecule has 0 aromatic heterocycles. The van der Waals surface area contributed by atoms with E-state index in [4.69, 9.17) is 0 Å². The van der Waals surface area contributed by atoms with E-state index >= 15 is 0 Å². The van der Waals surface area contributed by atoms with E-state index in [0.717, 1.165) is 0 Å². The molecule has 1 heteroatoms. The molecule has 75 valence electrons. The molecule has 2 aromatic rings. The summed E-state index contributed by atoms with van der Waals surface area (Å²) >= 11 is 0. The molecule has 0 amide bonds. The van der Waals surface area contributed by atoms with Gasteiger partial charge in [0.15, 0.2) is 0 Å². The van der Waals surface area contributed by atoms with Crippen LogP contribution in [-0.2, 0) is 0 Å². The van der Waals surface area contributed by atoms with Gasteiger partial charge in [-0.05, 0) is 35.1 Å². The van der Waals surface area contributed by atoms with Crippen molar-refractivity contribution in [2.75, 3.05) is 13.3 Å². The molecule has 1 heterocycles. The number of fused-ring (bicyclic) bond motifs is 3. The van der Waals surface area contributed by atoms with Crippen LogP contribution in [0, 0.1) is 0 Å². The lowest BCUT2D eigenvalue weighted by molar-refractivity contribution is 1.71. The van der Waals surface area contributed by atoms with Crippen LogP contribution in [0.4, 0.5) is 0 Å². The first-order chi connectivity index (χ1) is 7.21. The highest BCUT2D eigenvalue weighted by Crippen LogP contribution is 2.56. The van der Waals surface area contributed by atoms with Gasteiger partial charge in [-0.15, -0.1) is 0 Å². The molecule has 0 spiro atoms. The van der Waals surface area contributed by atoms with Crippen LogP contribution in [0.5, 0.6) is 0 Å². The van der Waals surface area contributed by atoms with Crippen LogP contribution in [0.3, 0.4) is 0 Å². The maximum absolute atomic E-state index is 2.41. The summed E-state index contributed by atoms with van der Waals surface area (Å²) in [7, 11) is -1.07. The zero-order valence-electron chi connectivity index (χ0n) is 9.07. The van der Waals surface area contributed by atoms with E-state index in [1.54, 1.807) is 10.6 Å². The lowest BCUT2D eigenvalue weighted by Crippen LogP contribution is -2.13. The largest absolute Gasteiger partial charge is 0.0745 e. The van der Waals surface area contributed by atoms with E-state index in [0.29, 0.717) is 0 Å². The zero-order valence-corrected chi connectivity index (χ0v) is 9.96. The summed E-state index contributed by atoms with van der Waals surface area (Å²) in [5, 5.41) is 3.12. The fourth-order valence-electron chi connectivity index (χ4n) is 2.51. The molecule has 0 fully saturated rings. The first kappa shape index (κ1) is 9.12. The van der Waals surface area contributed by atoms with E-state index in [-0.39, 0.29) is 0 Å². The highest BCUT2D eigenvalue weighted by molar-refractivity contribution is 7.89. The third-order valence-corrected chi connectivity index (χ3v) is 6.49. The Bertz CT molecular complexity index is 479. The summed E-state index contributed by atoms with van der Waals surface area (Å²) in [5.74, 6) is 0. The van der Waals surface area contributed by atoms with Crippen molar-refractivity contribution in [3.05, 3.63) is 48.5 Å². The predicted octanol–water partition coefficient (Wildman–Crippen LogP) is 2.90. The van der Waals surface area contributed by atoms with Gasteiger partial charge in [0.25, 0.3) is 0 Å². The lowest BCUT2D eigenvalue weighted by Gasteiger charge is -2.23. The summed E-state index contributed by atoms with van der Waals surface area (Å²) in [6, 6.07) is 17.7. The number of rotatable bonds is 0. The second kappa shape index (κ2) is 2.93. The molecule has 1 aliphatic heterocycles. The van der Waals surface area contributed by atoms with Gasteiger partial charge in [-0.2, -0.15) is 0 Å². The summed E-state index contributed by atoms with van der Waals surface area (Å²) in [6.07, 6.45) is 0. The van der Waals surface area contributed by atoms with Crippen molar-refractivity contribution in [3.63, 3.8) is 0 Å². The minimum atomic E-state index is -1.07. The van der Waals surface area contributed by atoms with Crippen LogP contribution in [0.25, 0.3) is 11.1 Å². The predicted molar refractivity (Wildman–Crippen MR) is 69.9 cm³/mol. The average Bonchev–Trinajstić information content (AvgIpc) is 2.51. The van der Waals surface area contributed by atoms with Crippen LogP contribution in [0.15, 0.2) is 48.5 Å². The van der Waals surface area contributed by atoms with Gasteiger partial charge in [0, 0.05) is 0 Å². The molecule has 1 radical (unpaired) electrons. The normalized spacial score (nSPS) is 15.9. The summed E-state index contributed by atoms with van der Waals surface area (Å²) in [6.45, 7) is 4.83. The Kier molecular flexibility index (Phi) is 1.78. The van der Waals surface area contributed by atoms with E-state index in [2.05, 4.69) is 61.9 Å². The Morgan fingerprint density at radius 1 is 0.667 bits per heavy atom.